The van der Waals surface area contributed by atoms with Gasteiger partial charge in [0.05, 0.1) is 6.20 Å². The van der Waals surface area contributed by atoms with Gasteiger partial charge in [-0.2, -0.15) is 0 Å². The molecule has 4 heterocycles. The largest absolute Gasteiger partial charge is 0.342 e. The molecule has 7 nitrogen and oxygen atoms in total. The van der Waals surface area contributed by atoms with Gasteiger partial charge in [-0.3, -0.25) is 9.20 Å². The van der Waals surface area contributed by atoms with Gasteiger partial charge in [0.15, 0.2) is 5.82 Å². The van der Waals surface area contributed by atoms with E-state index >= 15 is 0 Å². The highest BCUT2D eigenvalue weighted by atomic mass is 35.5. The van der Waals surface area contributed by atoms with Crippen LogP contribution in [0.5, 0.6) is 0 Å². The van der Waals surface area contributed by atoms with Gasteiger partial charge in [0.2, 0.25) is 0 Å². The Bertz CT molecular complexity index is 867. The number of nitrogens with zero attached hydrogens (tertiary/aromatic N) is 4. The molecule has 0 aromatic carbocycles. The Balaban J connectivity index is 0.00000182. The Morgan fingerprint density at radius 3 is 2.92 bits per heavy atom. The van der Waals surface area contributed by atoms with Crippen molar-refractivity contribution in [3.8, 4) is 11.5 Å². The molecule has 0 bridgehead atoms. The Labute approximate surface area is 151 Å². The fourth-order valence-corrected chi connectivity index (χ4v) is 3.21. The number of aromatic nitrogens is 4. The van der Waals surface area contributed by atoms with Crippen molar-refractivity contribution in [3.63, 3.8) is 0 Å². The molecule has 0 radical (unpaired) electrons. The fraction of sp³-hybridized carbons (Fsp3) is 0.353. The molecule has 0 aliphatic carbocycles. The molecule has 8 heteroatoms. The van der Waals surface area contributed by atoms with Crippen LogP contribution in [-0.4, -0.2) is 56.3 Å². The second kappa shape index (κ2) is 7.25. The van der Waals surface area contributed by atoms with Gasteiger partial charge in [0, 0.05) is 25.5 Å². The van der Waals surface area contributed by atoms with Crippen molar-refractivity contribution >= 4 is 24.0 Å². The number of amides is 1. The zero-order valence-electron chi connectivity index (χ0n) is 14.0. The topological polar surface area (TPSA) is 78.3 Å². The van der Waals surface area contributed by atoms with E-state index in [2.05, 4.69) is 20.3 Å². The van der Waals surface area contributed by atoms with Gasteiger partial charge in [-0.05, 0) is 38.1 Å². The van der Waals surface area contributed by atoms with Gasteiger partial charge in [0.1, 0.15) is 17.0 Å². The quantitative estimate of drug-likeness (QED) is 0.748. The molecular weight excluding hydrogens is 340 g/mol. The van der Waals surface area contributed by atoms with Gasteiger partial charge in [0.25, 0.3) is 5.91 Å². The minimum absolute atomic E-state index is 0. The molecule has 1 aliphatic rings. The van der Waals surface area contributed by atoms with Gasteiger partial charge < -0.3 is 15.2 Å². The lowest BCUT2D eigenvalue weighted by Crippen LogP contribution is -2.44. The van der Waals surface area contributed by atoms with Crippen LogP contribution in [0.1, 0.15) is 23.3 Å². The van der Waals surface area contributed by atoms with Crippen LogP contribution in [0, 0.1) is 0 Å². The molecular formula is C17H21ClN6O. The molecule has 0 spiro atoms. The summed E-state index contributed by atoms with van der Waals surface area (Å²) >= 11 is 0. The molecule has 132 valence electrons. The molecule has 0 atom stereocenters. The van der Waals surface area contributed by atoms with E-state index in [4.69, 9.17) is 0 Å². The highest BCUT2D eigenvalue weighted by molar-refractivity contribution is 5.92. The number of aromatic amines is 1. The molecule has 1 saturated heterocycles. The highest BCUT2D eigenvalue weighted by Gasteiger charge is 2.24. The standard InChI is InChI=1S/C17H20N6O.ClH/c1-22(12-5-7-18-8-6-12)17(24)13-10-20-16(21-13)14-11-19-15-4-2-3-9-23(14)15;/h2-4,9-12,18H,5-8H2,1H3,(H,20,21);1H. The summed E-state index contributed by atoms with van der Waals surface area (Å²) < 4.78 is 1.95. The molecule has 3 aromatic heterocycles. The van der Waals surface area contributed by atoms with E-state index < -0.39 is 0 Å². The van der Waals surface area contributed by atoms with Crippen LogP contribution in [-0.2, 0) is 0 Å². The predicted molar refractivity (Wildman–Crippen MR) is 98.0 cm³/mol. The van der Waals surface area contributed by atoms with Crippen molar-refractivity contribution in [2.45, 2.75) is 18.9 Å². The molecule has 4 rings (SSSR count). The van der Waals surface area contributed by atoms with E-state index in [0.29, 0.717) is 11.5 Å². The second-order valence-corrected chi connectivity index (χ2v) is 6.10. The van der Waals surface area contributed by atoms with Crippen LogP contribution < -0.4 is 5.32 Å². The number of piperidine rings is 1. The summed E-state index contributed by atoms with van der Waals surface area (Å²) in [7, 11) is 1.86. The maximum Gasteiger partial charge on any atom is 0.274 e. The first-order valence-corrected chi connectivity index (χ1v) is 8.20. The summed E-state index contributed by atoms with van der Waals surface area (Å²) in [6.45, 7) is 1.91. The van der Waals surface area contributed by atoms with E-state index in [9.17, 15) is 4.79 Å². The minimum atomic E-state index is -0.0433. The SMILES string of the molecule is CN(C(=O)c1c[nH]c(-c2cnc3ccccn23)n1)C1CCNCC1.Cl. The monoisotopic (exact) mass is 360 g/mol. The highest BCUT2D eigenvalue weighted by Crippen LogP contribution is 2.19. The third-order valence-corrected chi connectivity index (χ3v) is 4.63. The van der Waals surface area contributed by atoms with Gasteiger partial charge in [-0.1, -0.05) is 6.07 Å². The smallest absolute Gasteiger partial charge is 0.274 e. The lowest BCUT2D eigenvalue weighted by molar-refractivity contribution is 0.0698. The molecule has 25 heavy (non-hydrogen) atoms. The van der Waals surface area contributed by atoms with Gasteiger partial charge in [-0.15, -0.1) is 12.4 Å². The summed E-state index contributed by atoms with van der Waals surface area (Å²) in [6, 6.07) is 6.09. The molecule has 0 unspecified atom stereocenters. The van der Waals surface area contributed by atoms with E-state index in [1.54, 1.807) is 12.4 Å². The summed E-state index contributed by atoms with van der Waals surface area (Å²) in [5.74, 6) is 0.606. The van der Waals surface area contributed by atoms with Gasteiger partial charge in [-0.25, -0.2) is 9.97 Å². The Morgan fingerprint density at radius 1 is 1.32 bits per heavy atom. The lowest BCUT2D eigenvalue weighted by atomic mass is 10.1. The Morgan fingerprint density at radius 2 is 2.12 bits per heavy atom. The number of halogens is 1. The van der Waals surface area contributed by atoms with Crippen LogP contribution in [0.4, 0.5) is 0 Å². The average molecular weight is 361 g/mol. The Kier molecular flexibility index (Phi) is 5.06. The normalized spacial score (nSPS) is 15.1. The van der Waals surface area contributed by atoms with E-state index in [1.807, 2.05) is 40.7 Å². The molecule has 1 amide bonds. The first-order chi connectivity index (χ1) is 11.7. The van der Waals surface area contributed by atoms with Crippen molar-refractivity contribution < 1.29 is 4.79 Å². The number of rotatable bonds is 3. The van der Waals surface area contributed by atoms with E-state index in [0.717, 1.165) is 37.3 Å². The molecule has 0 saturated carbocycles. The Hall–Kier alpha value is -2.38. The number of hydrogen-bond acceptors (Lipinski definition) is 4. The summed E-state index contributed by atoms with van der Waals surface area (Å²) in [6.07, 6.45) is 7.33. The minimum Gasteiger partial charge on any atom is -0.342 e. The zero-order valence-corrected chi connectivity index (χ0v) is 14.8. The van der Waals surface area contributed by atoms with E-state index in [-0.39, 0.29) is 24.4 Å². The maximum absolute atomic E-state index is 12.7. The molecule has 1 aliphatic heterocycles. The maximum atomic E-state index is 12.7. The third kappa shape index (κ3) is 3.25. The van der Waals surface area contributed by atoms with Crippen molar-refractivity contribution in [1.29, 1.82) is 0 Å². The van der Waals surface area contributed by atoms with Crippen molar-refractivity contribution in [2.75, 3.05) is 20.1 Å². The van der Waals surface area contributed by atoms with Crippen molar-refractivity contribution in [3.05, 3.63) is 42.5 Å². The first kappa shape index (κ1) is 17.4. The van der Waals surface area contributed by atoms with Crippen molar-refractivity contribution in [1.82, 2.24) is 29.6 Å². The zero-order chi connectivity index (χ0) is 16.5. The number of carbonyl (C=O) groups excluding carboxylic acids is 1. The van der Waals surface area contributed by atoms with Crippen LogP contribution in [0.2, 0.25) is 0 Å². The number of fused-ring (bicyclic) bond motifs is 1. The third-order valence-electron chi connectivity index (χ3n) is 4.63. The molecule has 1 fully saturated rings. The number of hydrogen-bond donors (Lipinski definition) is 2. The fourth-order valence-electron chi connectivity index (χ4n) is 3.21. The van der Waals surface area contributed by atoms with Crippen LogP contribution in [0.25, 0.3) is 17.2 Å². The predicted octanol–water partition coefficient (Wildman–Crippen LogP) is 1.97. The van der Waals surface area contributed by atoms with Gasteiger partial charge >= 0.3 is 0 Å². The summed E-state index contributed by atoms with van der Waals surface area (Å²) in [5, 5.41) is 3.32. The second-order valence-electron chi connectivity index (χ2n) is 6.10. The number of nitrogens with one attached hydrogen (secondary N) is 2. The first-order valence-electron chi connectivity index (χ1n) is 8.20. The lowest BCUT2D eigenvalue weighted by Gasteiger charge is -2.31. The van der Waals surface area contributed by atoms with Crippen LogP contribution in [0.15, 0.2) is 36.8 Å². The summed E-state index contributed by atoms with van der Waals surface area (Å²) in [5.41, 5.74) is 2.13. The number of imidazole rings is 2. The van der Waals surface area contributed by atoms with Crippen LogP contribution in [0.3, 0.4) is 0 Å². The average Bonchev–Trinajstić information content (AvgIpc) is 3.28. The van der Waals surface area contributed by atoms with Crippen molar-refractivity contribution in [2.24, 2.45) is 0 Å². The number of pyridine rings is 1. The summed E-state index contributed by atoms with van der Waals surface area (Å²) in [4.78, 5) is 26.5. The van der Waals surface area contributed by atoms with Crippen LogP contribution >= 0.6 is 12.4 Å². The number of carbonyl (C=O) groups is 1. The molecule has 3 aromatic rings. The number of H-pyrrole nitrogens is 1. The van der Waals surface area contributed by atoms with E-state index in [1.165, 1.54) is 0 Å². The molecule has 2 N–H and O–H groups in total.